The van der Waals surface area contributed by atoms with Crippen LogP contribution in [0.3, 0.4) is 0 Å². The van der Waals surface area contributed by atoms with Gasteiger partial charge in [0, 0.05) is 25.7 Å². The molecule has 1 aliphatic heterocycles. The number of aromatic nitrogens is 2. The summed E-state index contributed by atoms with van der Waals surface area (Å²) in [5, 5.41) is 3.59. The normalized spacial score (nSPS) is 14.7. The number of carbonyl (C=O) groups is 1. The van der Waals surface area contributed by atoms with Crippen molar-refractivity contribution in [1.82, 2.24) is 15.3 Å². The number of hydrogen-bond donors (Lipinski definition) is 2. The van der Waals surface area contributed by atoms with Gasteiger partial charge in [0.25, 0.3) is 5.56 Å². The lowest BCUT2D eigenvalue weighted by atomic mass is 9.73. The second-order valence-electron chi connectivity index (χ2n) is 9.71. The van der Waals surface area contributed by atoms with Crippen LogP contribution in [0.15, 0.2) is 77.6 Å². The highest BCUT2D eigenvalue weighted by atomic mass is 16.5. The van der Waals surface area contributed by atoms with Crippen molar-refractivity contribution in [2.24, 2.45) is 5.41 Å². The number of ether oxygens (including phenoxy) is 2. The van der Waals surface area contributed by atoms with Gasteiger partial charge in [0.05, 0.1) is 25.0 Å². The second kappa shape index (κ2) is 11.0. The molecular weight excluding hydrogens is 480 g/mol. The number of carbonyl (C=O) groups excluding carboxylic acids is 1. The third-order valence-electron chi connectivity index (χ3n) is 7.37. The first-order valence-electron chi connectivity index (χ1n) is 12.8. The standard InChI is InChI=1S/C30H32N4O4/c1-37-23-17-24-26(25(18-23)38-2)32-29(33-27(24)35)34-15-13-30(14-16-34,19-21-9-5-3-6-10-21)28(36)31-20-22-11-7-4-8-12-22/h3-12,17-18H,13-16,19-20H2,1-2H3,(H,31,36)(H,32,33,35). The molecule has 0 bridgehead atoms. The maximum Gasteiger partial charge on any atom is 0.260 e. The molecule has 0 saturated carbocycles. The van der Waals surface area contributed by atoms with E-state index in [0.717, 1.165) is 11.1 Å². The minimum atomic E-state index is -0.561. The Bertz CT molecular complexity index is 1460. The number of rotatable bonds is 8. The molecule has 5 rings (SSSR count). The number of piperidine rings is 1. The lowest BCUT2D eigenvalue weighted by molar-refractivity contribution is -0.132. The van der Waals surface area contributed by atoms with Gasteiger partial charge in [-0.25, -0.2) is 4.98 Å². The van der Waals surface area contributed by atoms with Crippen LogP contribution in [0.2, 0.25) is 0 Å². The zero-order valence-corrected chi connectivity index (χ0v) is 21.7. The third kappa shape index (κ3) is 5.20. The van der Waals surface area contributed by atoms with Gasteiger partial charge in [-0.2, -0.15) is 0 Å². The fourth-order valence-corrected chi connectivity index (χ4v) is 5.18. The van der Waals surface area contributed by atoms with Crippen molar-refractivity contribution < 1.29 is 14.3 Å². The van der Waals surface area contributed by atoms with Crippen LogP contribution in [-0.2, 0) is 17.8 Å². The van der Waals surface area contributed by atoms with E-state index in [-0.39, 0.29) is 11.5 Å². The molecule has 1 aliphatic rings. The molecule has 0 radical (unpaired) electrons. The first-order valence-corrected chi connectivity index (χ1v) is 12.8. The number of nitrogens with zero attached hydrogens (tertiary/aromatic N) is 2. The van der Waals surface area contributed by atoms with E-state index in [2.05, 4.69) is 22.4 Å². The van der Waals surface area contributed by atoms with E-state index in [4.69, 9.17) is 14.5 Å². The van der Waals surface area contributed by atoms with Crippen LogP contribution in [0.25, 0.3) is 10.9 Å². The molecule has 1 saturated heterocycles. The van der Waals surface area contributed by atoms with Crippen molar-refractivity contribution in [2.75, 3.05) is 32.2 Å². The van der Waals surface area contributed by atoms with Crippen LogP contribution in [0, 0.1) is 5.41 Å². The second-order valence-corrected chi connectivity index (χ2v) is 9.71. The summed E-state index contributed by atoms with van der Waals surface area (Å²) >= 11 is 0. The van der Waals surface area contributed by atoms with Gasteiger partial charge in [-0.05, 0) is 36.5 Å². The molecular formula is C30H32N4O4. The fraction of sp³-hybridized carbons (Fsp3) is 0.300. The molecule has 0 unspecified atom stereocenters. The van der Waals surface area contributed by atoms with Gasteiger partial charge in [-0.1, -0.05) is 60.7 Å². The summed E-state index contributed by atoms with van der Waals surface area (Å²) in [5.74, 6) is 1.53. The zero-order chi connectivity index (χ0) is 26.5. The molecule has 3 aromatic carbocycles. The van der Waals surface area contributed by atoms with E-state index in [0.29, 0.717) is 67.2 Å². The van der Waals surface area contributed by atoms with Gasteiger partial charge < -0.3 is 19.7 Å². The van der Waals surface area contributed by atoms with Crippen molar-refractivity contribution in [3.8, 4) is 11.5 Å². The minimum Gasteiger partial charge on any atom is -0.497 e. The quantitative estimate of drug-likeness (QED) is 0.369. The van der Waals surface area contributed by atoms with Crippen molar-refractivity contribution in [1.29, 1.82) is 0 Å². The third-order valence-corrected chi connectivity index (χ3v) is 7.37. The molecule has 1 amide bonds. The lowest BCUT2D eigenvalue weighted by Crippen LogP contribution is -2.50. The van der Waals surface area contributed by atoms with Crippen molar-refractivity contribution in [3.63, 3.8) is 0 Å². The number of anilines is 1. The number of benzene rings is 3. The highest BCUT2D eigenvalue weighted by molar-refractivity contribution is 5.86. The van der Waals surface area contributed by atoms with Crippen LogP contribution in [0.5, 0.6) is 11.5 Å². The highest BCUT2D eigenvalue weighted by Gasteiger charge is 2.41. The van der Waals surface area contributed by atoms with Crippen LogP contribution in [0.4, 0.5) is 5.95 Å². The summed E-state index contributed by atoms with van der Waals surface area (Å²) < 4.78 is 10.8. The Kier molecular flexibility index (Phi) is 7.31. The number of amides is 1. The van der Waals surface area contributed by atoms with Crippen LogP contribution in [0.1, 0.15) is 24.0 Å². The van der Waals surface area contributed by atoms with E-state index >= 15 is 0 Å². The van der Waals surface area contributed by atoms with E-state index in [9.17, 15) is 9.59 Å². The summed E-state index contributed by atoms with van der Waals surface area (Å²) in [6, 6.07) is 23.5. The van der Waals surface area contributed by atoms with Gasteiger partial charge >= 0.3 is 0 Å². The Morgan fingerprint density at radius 1 is 0.974 bits per heavy atom. The van der Waals surface area contributed by atoms with Gasteiger partial charge in [0.15, 0.2) is 0 Å². The van der Waals surface area contributed by atoms with Gasteiger partial charge in [-0.3, -0.25) is 14.6 Å². The number of hydrogen-bond acceptors (Lipinski definition) is 6. The summed E-state index contributed by atoms with van der Waals surface area (Å²) in [6.45, 7) is 1.65. The van der Waals surface area contributed by atoms with E-state index in [1.807, 2.05) is 53.4 Å². The Morgan fingerprint density at radius 3 is 2.26 bits per heavy atom. The Labute approximate surface area is 221 Å². The molecule has 196 valence electrons. The molecule has 0 aliphatic carbocycles. The fourth-order valence-electron chi connectivity index (χ4n) is 5.18. The molecule has 8 heteroatoms. The Balaban J connectivity index is 1.39. The average Bonchev–Trinajstić information content (AvgIpc) is 2.96. The number of nitrogens with one attached hydrogen (secondary N) is 2. The van der Waals surface area contributed by atoms with Crippen LogP contribution in [-0.4, -0.2) is 43.2 Å². The number of methoxy groups -OCH3 is 2. The molecule has 2 heterocycles. The van der Waals surface area contributed by atoms with Crippen molar-refractivity contribution in [2.45, 2.75) is 25.8 Å². The van der Waals surface area contributed by atoms with E-state index in [1.54, 1.807) is 26.4 Å². The molecule has 0 atom stereocenters. The highest BCUT2D eigenvalue weighted by Crippen LogP contribution is 2.37. The predicted molar refractivity (Wildman–Crippen MR) is 148 cm³/mol. The molecule has 1 fully saturated rings. The monoisotopic (exact) mass is 512 g/mol. The van der Waals surface area contributed by atoms with Gasteiger partial charge in [0.1, 0.15) is 17.0 Å². The number of H-pyrrole nitrogens is 1. The zero-order valence-electron chi connectivity index (χ0n) is 21.7. The Morgan fingerprint density at radius 2 is 1.63 bits per heavy atom. The summed E-state index contributed by atoms with van der Waals surface area (Å²) in [5.41, 5.74) is 1.86. The topological polar surface area (TPSA) is 96.6 Å². The number of fused-ring (bicyclic) bond motifs is 1. The molecule has 8 nitrogen and oxygen atoms in total. The molecule has 0 spiro atoms. The van der Waals surface area contributed by atoms with Gasteiger partial charge in [-0.15, -0.1) is 0 Å². The minimum absolute atomic E-state index is 0.0542. The smallest absolute Gasteiger partial charge is 0.260 e. The van der Waals surface area contributed by atoms with Crippen molar-refractivity contribution in [3.05, 3.63) is 94.3 Å². The first-order chi connectivity index (χ1) is 18.5. The van der Waals surface area contributed by atoms with Crippen molar-refractivity contribution >= 4 is 22.8 Å². The maximum absolute atomic E-state index is 13.7. The van der Waals surface area contributed by atoms with E-state index in [1.165, 1.54) is 0 Å². The van der Waals surface area contributed by atoms with Crippen LogP contribution < -0.4 is 25.2 Å². The SMILES string of the molecule is COc1cc(OC)c2nc(N3CCC(Cc4ccccc4)(C(=O)NCc4ccccc4)CC3)[nH]c(=O)c2c1. The number of aromatic amines is 1. The first kappa shape index (κ1) is 25.3. The maximum atomic E-state index is 13.7. The molecule has 38 heavy (non-hydrogen) atoms. The summed E-state index contributed by atoms with van der Waals surface area (Å²) in [6.07, 6.45) is 1.91. The lowest BCUT2D eigenvalue weighted by Gasteiger charge is -2.41. The van der Waals surface area contributed by atoms with E-state index < -0.39 is 5.41 Å². The summed E-state index contributed by atoms with van der Waals surface area (Å²) in [4.78, 5) is 36.4. The predicted octanol–water partition coefficient (Wildman–Crippen LogP) is 4.09. The average molecular weight is 513 g/mol. The largest absolute Gasteiger partial charge is 0.497 e. The molecule has 1 aromatic heterocycles. The summed E-state index contributed by atoms with van der Waals surface area (Å²) in [7, 11) is 3.09. The van der Waals surface area contributed by atoms with Crippen LogP contribution >= 0.6 is 0 Å². The van der Waals surface area contributed by atoms with Gasteiger partial charge in [0.2, 0.25) is 11.9 Å². The Hall–Kier alpha value is -4.33. The molecule has 2 N–H and O–H groups in total. The molecule has 4 aromatic rings.